The maximum Gasteiger partial charge on any atom is 0.280 e. The van der Waals surface area contributed by atoms with E-state index in [1.807, 2.05) is 0 Å². The zero-order valence-electron chi connectivity index (χ0n) is 6.41. The Hall–Kier alpha value is -1.23. The van der Waals surface area contributed by atoms with E-state index in [0.717, 1.165) is 11.3 Å². The van der Waals surface area contributed by atoms with Crippen LogP contribution in [0, 0.1) is 5.21 Å². The van der Waals surface area contributed by atoms with Crippen molar-refractivity contribution in [3.8, 4) is 0 Å². The van der Waals surface area contributed by atoms with Crippen molar-refractivity contribution < 1.29 is 13.5 Å². The molecule has 0 aliphatic carbocycles. The van der Waals surface area contributed by atoms with Gasteiger partial charge < -0.3 is 5.21 Å². The van der Waals surface area contributed by atoms with E-state index in [-0.39, 0.29) is 4.88 Å². The van der Waals surface area contributed by atoms with Gasteiger partial charge in [-0.1, -0.05) is 11.3 Å². The Morgan fingerprint density at radius 3 is 2.85 bits per heavy atom. The monoisotopic (exact) mass is 201 g/mol. The van der Waals surface area contributed by atoms with Crippen LogP contribution in [0.25, 0.3) is 10.2 Å². The molecule has 68 valence electrons. The van der Waals surface area contributed by atoms with Crippen LogP contribution in [-0.2, 0) is 0 Å². The molecule has 0 N–H and O–H groups in total. The lowest BCUT2D eigenvalue weighted by molar-refractivity contribution is -0.574. The molecule has 0 aliphatic heterocycles. The fourth-order valence-corrected chi connectivity index (χ4v) is 2.00. The van der Waals surface area contributed by atoms with Gasteiger partial charge in [-0.3, -0.25) is 0 Å². The highest BCUT2D eigenvalue weighted by atomic mass is 32.1. The van der Waals surface area contributed by atoms with Gasteiger partial charge in [0.15, 0.2) is 6.20 Å². The normalized spacial score (nSPS) is 11.3. The number of rotatable bonds is 1. The third kappa shape index (κ3) is 1.35. The van der Waals surface area contributed by atoms with Gasteiger partial charge in [-0.25, -0.2) is 8.78 Å². The largest absolute Gasteiger partial charge is 0.618 e. The van der Waals surface area contributed by atoms with Gasteiger partial charge in [-0.05, 0) is 12.1 Å². The van der Waals surface area contributed by atoms with Crippen molar-refractivity contribution in [3.05, 3.63) is 34.5 Å². The highest BCUT2D eigenvalue weighted by molar-refractivity contribution is 7.18. The van der Waals surface area contributed by atoms with Crippen molar-refractivity contribution in [2.24, 2.45) is 0 Å². The van der Waals surface area contributed by atoms with Crippen molar-refractivity contribution in [1.29, 1.82) is 0 Å². The molecule has 2 rings (SSSR count). The second-order valence-electron chi connectivity index (χ2n) is 2.54. The first-order chi connectivity index (χ1) is 6.18. The highest BCUT2D eigenvalue weighted by Gasteiger charge is 2.15. The van der Waals surface area contributed by atoms with Gasteiger partial charge in [0.05, 0.1) is 10.3 Å². The summed E-state index contributed by atoms with van der Waals surface area (Å²) < 4.78 is 25.1. The summed E-state index contributed by atoms with van der Waals surface area (Å²) in [4.78, 5) is 0.267. The second kappa shape index (κ2) is 2.92. The number of aromatic nitrogens is 1. The van der Waals surface area contributed by atoms with Crippen LogP contribution in [0.1, 0.15) is 11.3 Å². The summed E-state index contributed by atoms with van der Waals surface area (Å²) in [7, 11) is 0. The van der Waals surface area contributed by atoms with Crippen LogP contribution >= 0.6 is 11.3 Å². The third-order valence-corrected chi connectivity index (χ3v) is 2.81. The smallest absolute Gasteiger partial charge is 0.280 e. The number of thiophene rings is 1. The van der Waals surface area contributed by atoms with Crippen molar-refractivity contribution >= 4 is 21.6 Å². The van der Waals surface area contributed by atoms with E-state index in [1.54, 1.807) is 6.07 Å². The van der Waals surface area contributed by atoms with Gasteiger partial charge in [0.2, 0.25) is 0 Å². The first kappa shape index (κ1) is 8.37. The number of halogens is 2. The highest BCUT2D eigenvalue weighted by Crippen LogP contribution is 2.30. The molecule has 2 nitrogen and oxygen atoms in total. The molecule has 13 heavy (non-hydrogen) atoms. The van der Waals surface area contributed by atoms with Crippen molar-refractivity contribution in [1.82, 2.24) is 0 Å². The van der Waals surface area contributed by atoms with Crippen LogP contribution in [0.5, 0.6) is 0 Å². The van der Waals surface area contributed by atoms with Crippen LogP contribution in [0.4, 0.5) is 8.78 Å². The summed E-state index contributed by atoms with van der Waals surface area (Å²) in [5, 5.41) is 11.7. The molecule has 0 radical (unpaired) electrons. The molecule has 0 aromatic carbocycles. The number of nitrogens with zero attached hydrogens (tertiary/aromatic N) is 1. The first-order valence-corrected chi connectivity index (χ1v) is 4.40. The summed E-state index contributed by atoms with van der Waals surface area (Å²) in [6, 6.07) is 4.53. The van der Waals surface area contributed by atoms with Crippen molar-refractivity contribution in [2.45, 2.75) is 6.43 Å². The number of hydrogen-bond acceptors (Lipinski definition) is 2. The van der Waals surface area contributed by atoms with Gasteiger partial charge in [0.25, 0.3) is 11.3 Å². The molecule has 5 heteroatoms. The Morgan fingerprint density at radius 2 is 2.23 bits per heavy atom. The zero-order chi connectivity index (χ0) is 9.42. The van der Waals surface area contributed by atoms with Gasteiger partial charge in [-0.15, -0.1) is 0 Å². The molecule has 0 amide bonds. The fourth-order valence-electron chi connectivity index (χ4n) is 1.11. The quantitative estimate of drug-likeness (QED) is 0.514. The Morgan fingerprint density at radius 1 is 1.46 bits per heavy atom. The number of hydrogen-bond donors (Lipinski definition) is 0. The van der Waals surface area contributed by atoms with E-state index in [1.165, 1.54) is 18.3 Å². The van der Waals surface area contributed by atoms with Crippen molar-refractivity contribution in [3.63, 3.8) is 0 Å². The molecule has 0 atom stereocenters. The van der Waals surface area contributed by atoms with E-state index in [0.29, 0.717) is 14.9 Å². The molecule has 0 unspecified atom stereocenters. The average Bonchev–Trinajstić information content (AvgIpc) is 2.49. The molecule has 0 saturated heterocycles. The molecule has 0 fully saturated rings. The molecule has 0 spiro atoms. The summed E-state index contributed by atoms with van der Waals surface area (Å²) in [5.74, 6) is 0. The minimum atomic E-state index is -2.50. The lowest BCUT2D eigenvalue weighted by atomic mass is 10.3. The Balaban J connectivity index is 2.68. The lowest BCUT2D eigenvalue weighted by Crippen LogP contribution is -2.24. The van der Waals surface area contributed by atoms with Crippen LogP contribution in [0.2, 0.25) is 0 Å². The predicted octanol–water partition coefficient (Wildman–Crippen LogP) is 2.47. The van der Waals surface area contributed by atoms with Crippen LogP contribution in [0.15, 0.2) is 24.4 Å². The standard InChI is InChI=1S/C8H5F2NOS/c9-7(10)6-4-5-2-1-3-11(12)8(5)13-6/h1-4,7H. The molecule has 2 aromatic rings. The maximum absolute atomic E-state index is 12.2. The zero-order valence-corrected chi connectivity index (χ0v) is 7.22. The van der Waals surface area contributed by atoms with Gasteiger partial charge >= 0.3 is 0 Å². The third-order valence-electron chi connectivity index (χ3n) is 1.67. The number of alkyl halides is 2. The first-order valence-electron chi connectivity index (χ1n) is 3.58. The Labute approximate surface area is 76.6 Å². The van der Waals surface area contributed by atoms with Crippen molar-refractivity contribution in [2.75, 3.05) is 0 Å². The SMILES string of the molecule is [O-][n+]1cccc2cc(C(F)F)sc21. The average molecular weight is 201 g/mol. The number of fused-ring (bicyclic) bond motifs is 1. The topological polar surface area (TPSA) is 26.9 Å². The number of pyridine rings is 1. The molecule has 2 heterocycles. The van der Waals surface area contributed by atoms with Gasteiger partial charge in [0, 0.05) is 6.07 Å². The molecule has 0 bridgehead atoms. The molecular formula is C8H5F2NOS. The molecule has 2 aromatic heterocycles. The fraction of sp³-hybridized carbons (Fsp3) is 0.125. The van der Waals surface area contributed by atoms with Gasteiger partial charge in [0.1, 0.15) is 0 Å². The Kier molecular flexibility index (Phi) is 1.88. The van der Waals surface area contributed by atoms with E-state index in [2.05, 4.69) is 0 Å². The summed E-state index contributed by atoms with van der Waals surface area (Å²) in [6.45, 7) is 0. The van der Waals surface area contributed by atoms with E-state index in [4.69, 9.17) is 0 Å². The maximum atomic E-state index is 12.2. The second-order valence-corrected chi connectivity index (χ2v) is 3.61. The molecule has 0 aliphatic rings. The summed E-state index contributed by atoms with van der Waals surface area (Å²) in [6.07, 6.45) is -1.20. The predicted molar refractivity (Wildman–Crippen MR) is 45.7 cm³/mol. The molecular weight excluding hydrogens is 196 g/mol. The summed E-state index contributed by atoms with van der Waals surface area (Å²) in [5.41, 5.74) is 0. The van der Waals surface area contributed by atoms with Gasteiger partial charge in [-0.2, -0.15) is 4.73 Å². The minimum Gasteiger partial charge on any atom is -0.618 e. The van der Waals surface area contributed by atoms with Crippen LogP contribution < -0.4 is 4.73 Å². The molecule has 0 saturated carbocycles. The summed E-state index contributed by atoms with van der Waals surface area (Å²) >= 11 is 0.832. The van der Waals surface area contributed by atoms with E-state index in [9.17, 15) is 14.0 Å². The Bertz CT molecular complexity index is 441. The van der Waals surface area contributed by atoms with Crippen LogP contribution in [0.3, 0.4) is 0 Å². The lowest BCUT2D eigenvalue weighted by Gasteiger charge is -1.93. The van der Waals surface area contributed by atoms with E-state index < -0.39 is 6.43 Å². The van der Waals surface area contributed by atoms with Crippen LogP contribution in [-0.4, -0.2) is 0 Å². The van der Waals surface area contributed by atoms with E-state index >= 15 is 0 Å². The minimum absolute atomic E-state index is 0.0641.